The number of rotatable bonds is 2. The third-order valence-electron chi connectivity index (χ3n) is 2.88. The number of phenols is 1. The molecule has 0 radical (unpaired) electrons. The Kier molecular flexibility index (Phi) is 3.42. The summed E-state index contributed by atoms with van der Waals surface area (Å²) in [5, 5.41) is 9.99. The zero-order valence-corrected chi connectivity index (χ0v) is 11.3. The summed E-state index contributed by atoms with van der Waals surface area (Å²) in [4.78, 5) is 0. The molecule has 94 valence electrons. The van der Waals surface area contributed by atoms with Crippen LogP contribution in [0, 0.1) is 5.41 Å². The van der Waals surface area contributed by atoms with Gasteiger partial charge in [0.1, 0.15) is 5.75 Å². The molecular weight excluding hydrogens is 220 g/mol. The van der Waals surface area contributed by atoms with Gasteiger partial charge >= 0.3 is 0 Å². The largest absolute Gasteiger partial charge is 0.507 e. The Morgan fingerprint density at radius 1 is 0.944 bits per heavy atom. The van der Waals surface area contributed by atoms with E-state index in [4.69, 9.17) is 0 Å². The van der Waals surface area contributed by atoms with Gasteiger partial charge in [0.25, 0.3) is 0 Å². The van der Waals surface area contributed by atoms with E-state index in [1.807, 2.05) is 36.4 Å². The number of aromatic hydroxyl groups is 1. The second-order valence-electron chi connectivity index (χ2n) is 5.95. The minimum absolute atomic E-state index is 0.255. The summed E-state index contributed by atoms with van der Waals surface area (Å²) in [6.45, 7) is 6.67. The molecule has 0 spiro atoms. The lowest BCUT2D eigenvalue weighted by atomic mass is 9.87. The van der Waals surface area contributed by atoms with E-state index in [0.717, 1.165) is 17.5 Å². The van der Waals surface area contributed by atoms with Gasteiger partial charge in [-0.1, -0.05) is 57.2 Å². The molecule has 1 N–H and O–H groups in total. The Morgan fingerprint density at radius 3 is 2.22 bits per heavy atom. The third kappa shape index (κ3) is 3.13. The molecule has 0 bridgehead atoms. The van der Waals surface area contributed by atoms with Crippen LogP contribution in [0.3, 0.4) is 0 Å². The molecule has 0 saturated heterocycles. The van der Waals surface area contributed by atoms with Gasteiger partial charge in [0, 0.05) is 5.56 Å². The van der Waals surface area contributed by atoms with Crippen molar-refractivity contribution in [3.63, 3.8) is 0 Å². The first-order valence-electron chi connectivity index (χ1n) is 6.33. The molecule has 2 rings (SSSR count). The van der Waals surface area contributed by atoms with Gasteiger partial charge in [-0.2, -0.15) is 0 Å². The Hall–Kier alpha value is -1.76. The molecule has 0 atom stereocenters. The summed E-state index contributed by atoms with van der Waals surface area (Å²) in [5.74, 6) is 0.346. The van der Waals surface area contributed by atoms with E-state index >= 15 is 0 Å². The molecular formula is C17H20O. The summed E-state index contributed by atoms with van der Waals surface area (Å²) in [5.41, 5.74) is 3.49. The molecule has 0 heterocycles. The Balaban J connectivity index is 2.39. The molecule has 0 aliphatic rings. The molecule has 0 aromatic heterocycles. The fourth-order valence-corrected chi connectivity index (χ4v) is 2.15. The fraction of sp³-hybridized carbons (Fsp3) is 0.294. The van der Waals surface area contributed by atoms with Crippen LogP contribution in [0.1, 0.15) is 26.3 Å². The molecule has 2 aromatic carbocycles. The van der Waals surface area contributed by atoms with Crippen LogP contribution >= 0.6 is 0 Å². The first-order valence-corrected chi connectivity index (χ1v) is 6.33. The first kappa shape index (κ1) is 12.7. The predicted molar refractivity (Wildman–Crippen MR) is 76.7 cm³/mol. The van der Waals surface area contributed by atoms with Crippen LogP contribution in [0.25, 0.3) is 11.1 Å². The smallest absolute Gasteiger partial charge is 0.123 e. The van der Waals surface area contributed by atoms with Crippen molar-refractivity contribution in [1.29, 1.82) is 0 Å². The molecule has 18 heavy (non-hydrogen) atoms. The zero-order valence-electron chi connectivity index (χ0n) is 11.3. The highest BCUT2D eigenvalue weighted by Crippen LogP contribution is 2.31. The zero-order chi connectivity index (χ0) is 13.2. The van der Waals surface area contributed by atoms with Crippen LogP contribution in [0.4, 0.5) is 0 Å². The lowest BCUT2D eigenvalue weighted by Crippen LogP contribution is -2.09. The van der Waals surface area contributed by atoms with Crippen molar-refractivity contribution in [3.8, 4) is 16.9 Å². The predicted octanol–water partition coefficient (Wildman–Crippen LogP) is 4.65. The average Bonchev–Trinajstić information content (AvgIpc) is 2.31. The molecule has 0 unspecified atom stereocenters. The van der Waals surface area contributed by atoms with Crippen molar-refractivity contribution in [2.75, 3.05) is 0 Å². The first-order chi connectivity index (χ1) is 8.46. The quantitative estimate of drug-likeness (QED) is 0.810. The van der Waals surface area contributed by atoms with Gasteiger partial charge in [-0.15, -0.1) is 0 Å². The second-order valence-corrected chi connectivity index (χ2v) is 5.95. The maximum atomic E-state index is 9.99. The van der Waals surface area contributed by atoms with Gasteiger partial charge in [-0.25, -0.2) is 0 Å². The monoisotopic (exact) mass is 240 g/mol. The molecule has 2 aromatic rings. The van der Waals surface area contributed by atoms with Crippen molar-refractivity contribution in [2.24, 2.45) is 5.41 Å². The van der Waals surface area contributed by atoms with Crippen LogP contribution in [0.2, 0.25) is 0 Å². The number of benzene rings is 2. The van der Waals surface area contributed by atoms with Gasteiger partial charge < -0.3 is 5.11 Å². The highest BCUT2D eigenvalue weighted by Gasteiger charge is 2.13. The maximum absolute atomic E-state index is 9.99. The minimum atomic E-state index is 0.255. The van der Waals surface area contributed by atoms with E-state index < -0.39 is 0 Å². The summed E-state index contributed by atoms with van der Waals surface area (Å²) in [6, 6.07) is 15.9. The molecule has 0 aliphatic heterocycles. The van der Waals surface area contributed by atoms with Crippen molar-refractivity contribution in [2.45, 2.75) is 27.2 Å². The molecule has 0 aliphatic carbocycles. The highest BCUT2D eigenvalue weighted by atomic mass is 16.3. The fourth-order valence-electron chi connectivity index (χ4n) is 2.15. The van der Waals surface area contributed by atoms with Crippen molar-refractivity contribution in [1.82, 2.24) is 0 Å². The Labute approximate surface area is 109 Å². The van der Waals surface area contributed by atoms with Crippen LogP contribution in [-0.4, -0.2) is 5.11 Å². The lowest BCUT2D eigenvalue weighted by molar-refractivity contribution is 0.410. The van der Waals surface area contributed by atoms with Crippen molar-refractivity contribution >= 4 is 0 Å². The van der Waals surface area contributed by atoms with Gasteiger partial charge in [0.2, 0.25) is 0 Å². The summed E-state index contributed by atoms with van der Waals surface area (Å²) >= 11 is 0. The van der Waals surface area contributed by atoms with Crippen LogP contribution in [0.15, 0.2) is 48.5 Å². The van der Waals surface area contributed by atoms with E-state index in [1.54, 1.807) is 6.07 Å². The second kappa shape index (κ2) is 4.85. The third-order valence-corrected chi connectivity index (χ3v) is 2.88. The lowest BCUT2D eigenvalue weighted by Gasteiger charge is -2.19. The van der Waals surface area contributed by atoms with E-state index in [9.17, 15) is 5.11 Å². The Bertz CT molecular complexity index is 521. The average molecular weight is 240 g/mol. The van der Waals surface area contributed by atoms with Gasteiger partial charge in [-0.3, -0.25) is 0 Å². The van der Waals surface area contributed by atoms with Crippen LogP contribution in [-0.2, 0) is 6.42 Å². The van der Waals surface area contributed by atoms with Gasteiger partial charge in [0.05, 0.1) is 0 Å². The topological polar surface area (TPSA) is 20.2 Å². The molecule has 0 amide bonds. The highest BCUT2D eigenvalue weighted by molar-refractivity contribution is 5.70. The van der Waals surface area contributed by atoms with Crippen molar-refractivity contribution < 1.29 is 5.11 Å². The Morgan fingerprint density at radius 2 is 1.61 bits per heavy atom. The number of phenolic OH excluding ortho intramolecular Hbond substituents is 1. The van der Waals surface area contributed by atoms with Gasteiger partial charge in [-0.05, 0) is 35.1 Å². The molecule has 1 heteroatoms. The molecule has 1 nitrogen and oxygen atoms in total. The SMILES string of the molecule is CC(C)(C)Cc1ccc(O)c(-c2ccccc2)c1. The molecule has 0 fully saturated rings. The summed E-state index contributed by atoms with van der Waals surface area (Å²) in [7, 11) is 0. The minimum Gasteiger partial charge on any atom is -0.507 e. The summed E-state index contributed by atoms with van der Waals surface area (Å²) in [6.07, 6.45) is 1.01. The van der Waals surface area contributed by atoms with Crippen molar-refractivity contribution in [3.05, 3.63) is 54.1 Å². The summed E-state index contributed by atoms with van der Waals surface area (Å²) < 4.78 is 0. The maximum Gasteiger partial charge on any atom is 0.123 e. The van der Waals surface area contributed by atoms with E-state index in [2.05, 4.69) is 26.8 Å². The standard InChI is InChI=1S/C17H20O/c1-17(2,3)12-13-9-10-16(18)15(11-13)14-7-5-4-6-8-14/h4-11,18H,12H2,1-3H3. The molecule has 0 saturated carbocycles. The van der Waals surface area contributed by atoms with Gasteiger partial charge in [0.15, 0.2) is 0 Å². The van der Waals surface area contributed by atoms with E-state index in [1.165, 1.54) is 5.56 Å². The van der Waals surface area contributed by atoms with Crippen LogP contribution in [0.5, 0.6) is 5.75 Å². The van der Waals surface area contributed by atoms with Crippen LogP contribution < -0.4 is 0 Å². The number of hydrogen-bond donors (Lipinski definition) is 1. The number of hydrogen-bond acceptors (Lipinski definition) is 1. The van der Waals surface area contributed by atoms with E-state index in [-0.39, 0.29) is 5.41 Å². The normalized spacial score (nSPS) is 11.5. The van der Waals surface area contributed by atoms with E-state index in [0.29, 0.717) is 5.75 Å².